The fourth-order valence-electron chi connectivity index (χ4n) is 3.59. The molecule has 30 heavy (non-hydrogen) atoms. The van der Waals surface area contributed by atoms with E-state index in [0.29, 0.717) is 29.9 Å². The molecular weight excluding hydrogens is 378 g/mol. The van der Waals surface area contributed by atoms with Crippen LogP contribution in [0.5, 0.6) is 0 Å². The van der Waals surface area contributed by atoms with Crippen LogP contribution < -0.4 is 15.5 Å². The maximum atomic E-state index is 11.9. The minimum absolute atomic E-state index is 0.0548. The van der Waals surface area contributed by atoms with Crippen molar-refractivity contribution in [3.63, 3.8) is 0 Å². The Balaban J connectivity index is 1.43. The van der Waals surface area contributed by atoms with Gasteiger partial charge in [0.1, 0.15) is 11.7 Å². The smallest absolute Gasteiger partial charge is 0.246 e. The molecule has 3 aromatic rings. The summed E-state index contributed by atoms with van der Waals surface area (Å²) in [5, 5.41) is 10.6. The van der Waals surface area contributed by atoms with Crippen LogP contribution in [-0.4, -0.2) is 38.7 Å². The molecule has 0 radical (unpaired) electrons. The fourth-order valence-corrected chi connectivity index (χ4v) is 3.59. The molecule has 8 heteroatoms. The van der Waals surface area contributed by atoms with Gasteiger partial charge in [0.25, 0.3) is 0 Å². The standard InChI is InChI=1S/C22H27N7O/c1-14(2)18-8-6-5-7-17(18)13-29-12-16(10-25-29)9-23-22-24-11-19-20(27-22)28(4)15(3)21(30)26-19/h5-8,10-12,14-15H,9,13H2,1-4H3,(H,26,30)(H,23,24,27)/t15-/m0/s1. The van der Waals surface area contributed by atoms with Crippen LogP contribution in [0.3, 0.4) is 0 Å². The van der Waals surface area contributed by atoms with Gasteiger partial charge in [-0.3, -0.25) is 9.48 Å². The van der Waals surface area contributed by atoms with E-state index < -0.39 is 0 Å². The normalized spacial score (nSPS) is 15.8. The van der Waals surface area contributed by atoms with Crippen molar-refractivity contribution in [1.29, 1.82) is 0 Å². The Bertz CT molecular complexity index is 1060. The molecule has 1 amide bonds. The third-order valence-electron chi connectivity index (χ3n) is 5.47. The van der Waals surface area contributed by atoms with Crippen LogP contribution in [0.1, 0.15) is 43.4 Å². The van der Waals surface area contributed by atoms with Crippen molar-refractivity contribution in [2.24, 2.45) is 0 Å². The lowest BCUT2D eigenvalue weighted by Crippen LogP contribution is -2.44. The Morgan fingerprint density at radius 2 is 2.03 bits per heavy atom. The summed E-state index contributed by atoms with van der Waals surface area (Å²) in [5.41, 5.74) is 4.31. The molecule has 0 bridgehead atoms. The van der Waals surface area contributed by atoms with Crippen molar-refractivity contribution in [1.82, 2.24) is 19.7 Å². The zero-order valence-corrected chi connectivity index (χ0v) is 17.8. The second kappa shape index (κ2) is 8.14. The van der Waals surface area contributed by atoms with Gasteiger partial charge in [-0.15, -0.1) is 0 Å². The van der Waals surface area contributed by atoms with Crippen LogP contribution in [0.25, 0.3) is 0 Å². The van der Waals surface area contributed by atoms with Gasteiger partial charge in [0.15, 0.2) is 5.82 Å². The highest BCUT2D eigenvalue weighted by Crippen LogP contribution is 2.29. The SMILES string of the molecule is CC(C)c1ccccc1Cn1cc(CNc2ncc3c(n2)N(C)[C@@H](C)C(=O)N3)cn1. The summed E-state index contributed by atoms with van der Waals surface area (Å²) in [5.74, 6) is 1.65. The topological polar surface area (TPSA) is 88.0 Å². The minimum atomic E-state index is -0.271. The molecule has 8 nitrogen and oxygen atoms in total. The molecule has 0 saturated carbocycles. The van der Waals surface area contributed by atoms with Gasteiger partial charge in [-0.1, -0.05) is 38.1 Å². The second-order valence-corrected chi connectivity index (χ2v) is 7.96. The predicted molar refractivity (Wildman–Crippen MR) is 118 cm³/mol. The first kappa shape index (κ1) is 19.9. The number of nitrogens with one attached hydrogen (secondary N) is 2. The van der Waals surface area contributed by atoms with E-state index in [9.17, 15) is 4.79 Å². The van der Waals surface area contributed by atoms with Gasteiger partial charge in [-0.2, -0.15) is 10.1 Å². The summed E-state index contributed by atoms with van der Waals surface area (Å²) in [6, 6.07) is 8.22. The average molecular weight is 406 g/mol. The lowest BCUT2D eigenvalue weighted by Gasteiger charge is -2.31. The first-order chi connectivity index (χ1) is 14.4. The molecular formula is C22H27N7O. The predicted octanol–water partition coefficient (Wildman–Crippen LogP) is 3.23. The van der Waals surface area contributed by atoms with E-state index in [4.69, 9.17) is 0 Å². The van der Waals surface area contributed by atoms with Gasteiger partial charge in [0.05, 0.1) is 18.9 Å². The van der Waals surface area contributed by atoms with Crippen LogP contribution in [0.4, 0.5) is 17.5 Å². The molecule has 2 N–H and O–H groups in total. The number of carbonyl (C=O) groups excluding carboxylic acids is 1. The number of aromatic nitrogens is 4. The first-order valence-corrected chi connectivity index (χ1v) is 10.2. The minimum Gasteiger partial charge on any atom is -0.350 e. The highest BCUT2D eigenvalue weighted by atomic mass is 16.2. The van der Waals surface area contributed by atoms with Crippen LogP contribution in [-0.2, 0) is 17.9 Å². The number of rotatable bonds is 6. The van der Waals surface area contributed by atoms with Crippen LogP contribution in [0, 0.1) is 0 Å². The molecule has 3 heterocycles. The molecule has 0 aliphatic carbocycles. The molecule has 1 aromatic carbocycles. The van der Waals surface area contributed by atoms with Gasteiger partial charge >= 0.3 is 0 Å². The van der Waals surface area contributed by atoms with Gasteiger partial charge in [-0.05, 0) is 24.0 Å². The number of hydrogen-bond acceptors (Lipinski definition) is 6. The molecule has 0 spiro atoms. The van der Waals surface area contributed by atoms with Crippen molar-refractivity contribution in [2.45, 2.75) is 45.8 Å². The number of hydrogen-bond donors (Lipinski definition) is 2. The van der Waals surface area contributed by atoms with Crippen molar-refractivity contribution in [3.05, 3.63) is 59.5 Å². The third kappa shape index (κ3) is 3.98. The summed E-state index contributed by atoms with van der Waals surface area (Å²) < 4.78 is 1.96. The van der Waals surface area contributed by atoms with Gasteiger partial charge in [0.2, 0.25) is 11.9 Å². The maximum absolute atomic E-state index is 11.9. The molecule has 0 saturated heterocycles. The van der Waals surface area contributed by atoms with E-state index in [1.54, 1.807) is 6.20 Å². The lowest BCUT2D eigenvalue weighted by molar-refractivity contribution is -0.117. The summed E-state index contributed by atoms with van der Waals surface area (Å²) in [7, 11) is 1.86. The van der Waals surface area contributed by atoms with Crippen LogP contribution >= 0.6 is 0 Å². The second-order valence-electron chi connectivity index (χ2n) is 7.96. The molecule has 4 rings (SSSR count). The zero-order chi connectivity index (χ0) is 21.3. The Hall–Kier alpha value is -3.42. The number of carbonyl (C=O) groups is 1. The molecule has 1 aliphatic heterocycles. The van der Waals surface area contributed by atoms with Crippen LogP contribution in [0.15, 0.2) is 42.9 Å². The van der Waals surface area contributed by atoms with Crippen LogP contribution in [0.2, 0.25) is 0 Å². The van der Waals surface area contributed by atoms with E-state index in [1.165, 1.54) is 11.1 Å². The Labute approximate surface area is 176 Å². The van der Waals surface area contributed by atoms with Crippen molar-refractivity contribution in [2.75, 3.05) is 22.6 Å². The van der Waals surface area contributed by atoms with Gasteiger partial charge < -0.3 is 15.5 Å². The monoisotopic (exact) mass is 405 g/mol. The van der Waals surface area contributed by atoms with E-state index in [1.807, 2.05) is 35.9 Å². The van der Waals surface area contributed by atoms with Crippen molar-refractivity contribution in [3.8, 4) is 0 Å². The number of benzene rings is 1. The molecule has 0 unspecified atom stereocenters. The summed E-state index contributed by atoms with van der Waals surface area (Å²) in [4.78, 5) is 22.7. The molecule has 0 fully saturated rings. The van der Waals surface area contributed by atoms with E-state index in [-0.39, 0.29) is 11.9 Å². The fraction of sp³-hybridized carbons (Fsp3) is 0.364. The molecule has 2 aromatic heterocycles. The number of amides is 1. The van der Waals surface area contributed by atoms with E-state index in [0.717, 1.165) is 12.1 Å². The van der Waals surface area contributed by atoms with E-state index >= 15 is 0 Å². The maximum Gasteiger partial charge on any atom is 0.246 e. The lowest BCUT2D eigenvalue weighted by atomic mass is 9.97. The first-order valence-electron chi connectivity index (χ1n) is 10.2. The quantitative estimate of drug-likeness (QED) is 0.655. The Morgan fingerprint density at radius 3 is 2.83 bits per heavy atom. The summed E-state index contributed by atoms with van der Waals surface area (Å²) in [6.07, 6.45) is 5.53. The number of fused-ring (bicyclic) bond motifs is 1. The van der Waals surface area contributed by atoms with E-state index in [2.05, 4.69) is 63.8 Å². The van der Waals surface area contributed by atoms with Crippen molar-refractivity contribution >= 4 is 23.4 Å². The molecule has 1 atom stereocenters. The Morgan fingerprint density at radius 1 is 1.23 bits per heavy atom. The third-order valence-corrected chi connectivity index (χ3v) is 5.47. The summed E-state index contributed by atoms with van der Waals surface area (Å²) >= 11 is 0. The largest absolute Gasteiger partial charge is 0.350 e. The average Bonchev–Trinajstić information content (AvgIpc) is 3.18. The molecule has 1 aliphatic rings. The van der Waals surface area contributed by atoms with Gasteiger partial charge in [0, 0.05) is 25.4 Å². The zero-order valence-electron chi connectivity index (χ0n) is 17.8. The van der Waals surface area contributed by atoms with Gasteiger partial charge in [-0.25, -0.2) is 4.98 Å². The number of nitrogens with zero attached hydrogens (tertiary/aromatic N) is 5. The van der Waals surface area contributed by atoms with Crippen molar-refractivity contribution < 1.29 is 4.79 Å². The highest BCUT2D eigenvalue weighted by Gasteiger charge is 2.28. The number of anilines is 3. The number of likely N-dealkylation sites (N-methyl/N-ethyl adjacent to an activating group) is 1. The summed E-state index contributed by atoms with van der Waals surface area (Å²) in [6.45, 7) is 7.57. The Kier molecular flexibility index (Phi) is 5.39. The molecule has 156 valence electrons. The highest BCUT2D eigenvalue weighted by molar-refractivity contribution is 6.02.